The maximum Gasteiger partial charge on any atom is 0.216 e. The van der Waals surface area contributed by atoms with E-state index in [1.165, 1.54) is 11.0 Å². The highest BCUT2D eigenvalue weighted by atomic mass is 35.5. The summed E-state index contributed by atoms with van der Waals surface area (Å²) < 4.78 is 7.78. The lowest BCUT2D eigenvalue weighted by Crippen LogP contribution is -1.99. The molecule has 1 N–H and O–H groups in total. The molecular formula is C16H13ClN4OS. The zero-order chi connectivity index (χ0) is 16.1. The Labute approximate surface area is 143 Å². The molecule has 23 heavy (non-hydrogen) atoms. The Bertz CT molecular complexity index is 870. The molecule has 0 fully saturated rings. The van der Waals surface area contributed by atoms with Gasteiger partial charge in [-0.15, -0.1) is 0 Å². The Morgan fingerprint density at radius 1 is 1.22 bits per heavy atom. The van der Waals surface area contributed by atoms with Crippen LogP contribution in [0.1, 0.15) is 11.1 Å². The molecule has 0 radical (unpaired) electrons. The van der Waals surface area contributed by atoms with Crippen LogP contribution >= 0.6 is 23.8 Å². The normalized spacial score (nSPS) is 11.0. The van der Waals surface area contributed by atoms with E-state index in [-0.39, 0.29) is 0 Å². The molecule has 116 valence electrons. The molecule has 1 heterocycles. The molecule has 0 atom stereocenters. The highest BCUT2D eigenvalue weighted by Gasteiger charge is 2.02. The molecule has 0 aliphatic heterocycles. The topological polar surface area (TPSA) is 55.2 Å². The van der Waals surface area contributed by atoms with Crippen LogP contribution in [0.2, 0.25) is 5.02 Å². The fourth-order valence-corrected chi connectivity index (χ4v) is 2.18. The van der Waals surface area contributed by atoms with Crippen LogP contribution in [-0.4, -0.2) is 21.1 Å². The molecule has 0 aliphatic rings. The molecule has 3 aromatic rings. The highest BCUT2D eigenvalue weighted by molar-refractivity contribution is 7.71. The predicted octanol–water partition coefficient (Wildman–Crippen LogP) is 4.06. The molecule has 3 rings (SSSR count). The summed E-state index contributed by atoms with van der Waals surface area (Å²) in [5.41, 5.74) is 1.89. The monoisotopic (exact) mass is 344 g/mol. The molecule has 0 unspecified atom stereocenters. The second-order valence-electron chi connectivity index (χ2n) is 4.70. The van der Waals surface area contributed by atoms with E-state index in [1.54, 1.807) is 6.21 Å². The van der Waals surface area contributed by atoms with Gasteiger partial charge in [0.25, 0.3) is 0 Å². The van der Waals surface area contributed by atoms with E-state index in [4.69, 9.17) is 28.6 Å². The van der Waals surface area contributed by atoms with Crippen molar-refractivity contribution >= 4 is 30.0 Å². The smallest absolute Gasteiger partial charge is 0.216 e. The first-order valence-electron chi connectivity index (χ1n) is 6.85. The summed E-state index contributed by atoms with van der Waals surface area (Å²) in [4.78, 5) is 0. The van der Waals surface area contributed by atoms with Gasteiger partial charge in [0.1, 0.15) is 18.7 Å². The van der Waals surface area contributed by atoms with Crippen molar-refractivity contribution < 1.29 is 4.74 Å². The van der Waals surface area contributed by atoms with E-state index < -0.39 is 0 Å². The minimum Gasteiger partial charge on any atom is -0.488 e. The van der Waals surface area contributed by atoms with Gasteiger partial charge in [-0.25, -0.2) is 0 Å². The van der Waals surface area contributed by atoms with Gasteiger partial charge >= 0.3 is 0 Å². The number of nitrogens with one attached hydrogen (secondary N) is 1. The quantitative estimate of drug-likeness (QED) is 0.561. The van der Waals surface area contributed by atoms with Crippen LogP contribution in [0.4, 0.5) is 0 Å². The number of aromatic nitrogens is 3. The maximum absolute atomic E-state index is 5.88. The third-order valence-corrected chi connectivity index (χ3v) is 3.61. The molecule has 0 amide bonds. The van der Waals surface area contributed by atoms with Gasteiger partial charge in [0.15, 0.2) is 0 Å². The number of benzene rings is 2. The van der Waals surface area contributed by atoms with Crippen LogP contribution < -0.4 is 4.74 Å². The summed E-state index contributed by atoms with van der Waals surface area (Å²) in [5.74, 6) is 0.737. The molecule has 5 nitrogen and oxygen atoms in total. The van der Waals surface area contributed by atoms with Gasteiger partial charge in [-0.2, -0.15) is 14.9 Å². The van der Waals surface area contributed by atoms with Gasteiger partial charge in [-0.3, -0.25) is 5.10 Å². The van der Waals surface area contributed by atoms with Crippen LogP contribution in [-0.2, 0) is 6.61 Å². The number of aromatic amines is 1. The number of halogens is 1. The SMILES string of the molecule is S=c1[nH]ncn1N=Cc1ccccc1OCc1ccc(Cl)cc1. The largest absolute Gasteiger partial charge is 0.488 e. The number of hydrogen-bond acceptors (Lipinski definition) is 4. The van der Waals surface area contributed by atoms with E-state index in [2.05, 4.69) is 15.3 Å². The van der Waals surface area contributed by atoms with E-state index in [0.717, 1.165) is 16.9 Å². The van der Waals surface area contributed by atoms with Crippen LogP contribution in [0, 0.1) is 4.77 Å². The van der Waals surface area contributed by atoms with Crippen LogP contribution in [0.25, 0.3) is 0 Å². The zero-order valence-corrected chi connectivity index (χ0v) is 13.6. The average Bonchev–Trinajstić information content (AvgIpc) is 2.98. The fourth-order valence-electron chi connectivity index (χ4n) is 1.91. The molecule has 2 aromatic carbocycles. The summed E-state index contributed by atoms with van der Waals surface area (Å²) in [7, 11) is 0. The summed E-state index contributed by atoms with van der Waals surface area (Å²) in [6.07, 6.45) is 3.19. The van der Waals surface area contributed by atoms with Crippen LogP contribution in [0.15, 0.2) is 60.0 Å². The first-order chi connectivity index (χ1) is 11.2. The van der Waals surface area contributed by atoms with Crippen molar-refractivity contribution in [2.75, 3.05) is 0 Å². The molecule has 1 aromatic heterocycles. The summed E-state index contributed by atoms with van der Waals surface area (Å²) in [6.45, 7) is 0.452. The van der Waals surface area contributed by atoms with E-state index in [9.17, 15) is 0 Å². The number of rotatable bonds is 5. The number of H-pyrrole nitrogens is 1. The summed E-state index contributed by atoms with van der Waals surface area (Å²) in [5, 5.41) is 11.4. The van der Waals surface area contributed by atoms with Crippen molar-refractivity contribution in [2.24, 2.45) is 5.10 Å². The molecular weight excluding hydrogens is 332 g/mol. The van der Waals surface area contributed by atoms with Gasteiger partial charge in [0, 0.05) is 10.6 Å². The second kappa shape index (κ2) is 7.21. The van der Waals surface area contributed by atoms with E-state index in [1.807, 2.05) is 48.5 Å². The second-order valence-corrected chi connectivity index (χ2v) is 5.53. The fraction of sp³-hybridized carbons (Fsp3) is 0.0625. The average molecular weight is 345 g/mol. The lowest BCUT2D eigenvalue weighted by atomic mass is 10.2. The standard InChI is InChI=1S/C16H13ClN4OS/c17-14-7-5-12(6-8-14)10-22-15-4-2-1-3-13(15)9-19-21-11-18-20-16(21)23/h1-9,11H,10H2,(H,20,23). The van der Waals surface area contributed by atoms with E-state index >= 15 is 0 Å². The van der Waals surface area contributed by atoms with Gasteiger partial charge in [0.2, 0.25) is 4.77 Å². The molecule has 0 spiro atoms. The number of para-hydroxylation sites is 1. The number of hydrogen-bond donors (Lipinski definition) is 1. The Hall–Kier alpha value is -2.44. The van der Waals surface area contributed by atoms with Crippen molar-refractivity contribution in [1.29, 1.82) is 0 Å². The number of nitrogens with zero attached hydrogens (tertiary/aromatic N) is 3. The lowest BCUT2D eigenvalue weighted by molar-refractivity contribution is 0.306. The first kappa shape index (κ1) is 15.5. The van der Waals surface area contributed by atoms with Crippen molar-refractivity contribution in [2.45, 2.75) is 6.61 Å². The van der Waals surface area contributed by atoms with Crippen molar-refractivity contribution in [3.05, 3.63) is 75.8 Å². The van der Waals surface area contributed by atoms with E-state index in [0.29, 0.717) is 16.4 Å². The first-order valence-corrected chi connectivity index (χ1v) is 7.63. The lowest BCUT2D eigenvalue weighted by Gasteiger charge is -2.09. The third-order valence-electron chi connectivity index (χ3n) is 3.08. The molecule has 7 heteroatoms. The molecule has 0 bridgehead atoms. The van der Waals surface area contributed by atoms with Crippen molar-refractivity contribution in [3.8, 4) is 5.75 Å². The molecule has 0 aliphatic carbocycles. The van der Waals surface area contributed by atoms with Crippen molar-refractivity contribution in [3.63, 3.8) is 0 Å². The van der Waals surface area contributed by atoms with Gasteiger partial charge in [-0.05, 0) is 42.0 Å². The molecule has 0 saturated heterocycles. The summed E-state index contributed by atoms with van der Waals surface area (Å²) >= 11 is 10.9. The zero-order valence-electron chi connectivity index (χ0n) is 12.0. The molecule has 0 saturated carbocycles. The van der Waals surface area contributed by atoms with Gasteiger partial charge in [-0.1, -0.05) is 35.9 Å². The summed E-state index contributed by atoms with van der Waals surface area (Å²) in [6, 6.07) is 15.2. The van der Waals surface area contributed by atoms with Gasteiger partial charge < -0.3 is 4.74 Å². The Morgan fingerprint density at radius 2 is 2.00 bits per heavy atom. The van der Waals surface area contributed by atoms with Crippen LogP contribution in [0.3, 0.4) is 0 Å². The number of ether oxygens (including phenoxy) is 1. The Balaban J connectivity index is 1.75. The Kier molecular flexibility index (Phi) is 4.85. The minimum atomic E-state index is 0.431. The van der Waals surface area contributed by atoms with Crippen molar-refractivity contribution in [1.82, 2.24) is 14.9 Å². The Morgan fingerprint density at radius 3 is 2.74 bits per heavy atom. The van der Waals surface area contributed by atoms with Gasteiger partial charge in [0.05, 0.1) is 6.21 Å². The predicted molar refractivity (Wildman–Crippen MR) is 92.6 cm³/mol. The minimum absolute atomic E-state index is 0.431. The third kappa shape index (κ3) is 4.06. The maximum atomic E-state index is 5.88. The highest BCUT2D eigenvalue weighted by Crippen LogP contribution is 2.18. The van der Waals surface area contributed by atoms with Crippen LogP contribution in [0.5, 0.6) is 5.75 Å².